The van der Waals surface area contributed by atoms with Crippen LogP contribution in [0.25, 0.3) is 0 Å². The molecule has 1 fully saturated rings. The fourth-order valence-corrected chi connectivity index (χ4v) is 2.01. The molecule has 0 spiro atoms. The van der Waals surface area contributed by atoms with Gasteiger partial charge in [-0.2, -0.15) is 0 Å². The van der Waals surface area contributed by atoms with Gasteiger partial charge in [0.1, 0.15) is 0 Å². The highest BCUT2D eigenvalue weighted by atomic mass is 16.5. The van der Waals surface area contributed by atoms with E-state index in [1.54, 1.807) is 7.11 Å². The van der Waals surface area contributed by atoms with Crippen molar-refractivity contribution in [3.8, 4) is 0 Å². The third-order valence-corrected chi connectivity index (χ3v) is 3.55. The third-order valence-electron chi connectivity index (χ3n) is 3.55. The van der Waals surface area contributed by atoms with Gasteiger partial charge in [0.25, 0.3) is 0 Å². The molecule has 0 radical (unpaired) electrons. The number of piperidine rings is 1. The van der Waals surface area contributed by atoms with Crippen LogP contribution in [0.5, 0.6) is 0 Å². The zero-order valence-corrected chi connectivity index (χ0v) is 10.2. The Labute approximate surface area is 91.8 Å². The van der Waals surface area contributed by atoms with Crippen molar-refractivity contribution in [3.05, 3.63) is 0 Å². The molecule has 88 valence electrons. The standard InChI is InChI=1S/C11H22N2O2/c1-10(2,9(12)14)13-7-5-6-11(3,8-13)15-4/h5-8H2,1-4H3,(H2,12,14). The molecule has 15 heavy (non-hydrogen) atoms. The van der Waals surface area contributed by atoms with E-state index < -0.39 is 5.54 Å². The molecule has 1 amide bonds. The SMILES string of the molecule is COC1(C)CCCN(C(C)(C)C(N)=O)C1. The maximum atomic E-state index is 11.4. The van der Waals surface area contributed by atoms with Crippen LogP contribution < -0.4 is 5.73 Å². The van der Waals surface area contributed by atoms with Crippen molar-refractivity contribution in [2.75, 3.05) is 20.2 Å². The average molecular weight is 214 g/mol. The van der Waals surface area contributed by atoms with Gasteiger partial charge in [0.2, 0.25) is 5.91 Å². The summed E-state index contributed by atoms with van der Waals surface area (Å²) in [5.74, 6) is -0.275. The molecule has 0 aromatic rings. The summed E-state index contributed by atoms with van der Waals surface area (Å²) in [7, 11) is 1.72. The summed E-state index contributed by atoms with van der Waals surface area (Å²) in [5, 5.41) is 0. The molecule has 4 nitrogen and oxygen atoms in total. The van der Waals surface area contributed by atoms with E-state index >= 15 is 0 Å². The van der Waals surface area contributed by atoms with E-state index in [0.717, 1.165) is 25.9 Å². The lowest BCUT2D eigenvalue weighted by molar-refractivity contribution is -0.134. The van der Waals surface area contributed by atoms with Gasteiger partial charge in [-0.25, -0.2) is 0 Å². The lowest BCUT2D eigenvalue weighted by atomic mass is 9.90. The summed E-state index contributed by atoms with van der Waals surface area (Å²) in [5.41, 5.74) is 4.68. The summed E-state index contributed by atoms with van der Waals surface area (Å²) in [4.78, 5) is 13.5. The highest BCUT2D eigenvalue weighted by molar-refractivity contribution is 5.83. The topological polar surface area (TPSA) is 55.6 Å². The number of rotatable bonds is 3. The van der Waals surface area contributed by atoms with Crippen molar-refractivity contribution in [2.24, 2.45) is 5.73 Å². The average Bonchev–Trinajstić information content (AvgIpc) is 2.17. The van der Waals surface area contributed by atoms with Gasteiger partial charge in [-0.1, -0.05) is 0 Å². The Hall–Kier alpha value is -0.610. The van der Waals surface area contributed by atoms with Gasteiger partial charge in [-0.3, -0.25) is 9.69 Å². The minimum Gasteiger partial charge on any atom is -0.377 e. The second-order valence-corrected chi connectivity index (χ2v) is 5.10. The maximum absolute atomic E-state index is 11.4. The molecule has 0 aromatic carbocycles. The van der Waals surface area contributed by atoms with Crippen LogP contribution in [0.3, 0.4) is 0 Å². The van der Waals surface area contributed by atoms with Crippen LogP contribution in [0.2, 0.25) is 0 Å². The zero-order chi connectivity index (χ0) is 11.7. The molecular weight excluding hydrogens is 192 g/mol. The van der Waals surface area contributed by atoms with Gasteiger partial charge in [-0.15, -0.1) is 0 Å². The molecule has 1 unspecified atom stereocenters. The first kappa shape index (κ1) is 12.5. The van der Waals surface area contributed by atoms with E-state index in [-0.39, 0.29) is 11.5 Å². The molecule has 1 saturated heterocycles. The Bertz CT molecular complexity index is 253. The molecule has 1 aliphatic heterocycles. The quantitative estimate of drug-likeness (QED) is 0.754. The van der Waals surface area contributed by atoms with Gasteiger partial charge in [0.05, 0.1) is 11.1 Å². The van der Waals surface area contributed by atoms with Crippen LogP contribution >= 0.6 is 0 Å². The van der Waals surface area contributed by atoms with E-state index in [9.17, 15) is 4.79 Å². The van der Waals surface area contributed by atoms with Gasteiger partial charge in [0.15, 0.2) is 0 Å². The smallest absolute Gasteiger partial charge is 0.237 e. The number of hydrogen-bond donors (Lipinski definition) is 1. The van der Waals surface area contributed by atoms with Crippen LogP contribution in [-0.4, -0.2) is 42.1 Å². The molecule has 0 saturated carbocycles. The van der Waals surface area contributed by atoms with Gasteiger partial charge < -0.3 is 10.5 Å². The van der Waals surface area contributed by atoms with E-state index in [1.807, 2.05) is 13.8 Å². The summed E-state index contributed by atoms with van der Waals surface area (Å²) in [6.45, 7) is 7.50. The number of nitrogens with two attached hydrogens (primary N) is 1. The lowest BCUT2D eigenvalue weighted by Crippen LogP contribution is -2.60. The molecule has 0 bridgehead atoms. The monoisotopic (exact) mass is 214 g/mol. The summed E-state index contributed by atoms with van der Waals surface area (Å²) in [6.07, 6.45) is 2.08. The van der Waals surface area contributed by atoms with E-state index in [4.69, 9.17) is 10.5 Å². The molecular formula is C11H22N2O2. The number of likely N-dealkylation sites (tertiary alicyclic amines) is 1. The summed E-state index contributed by atoms with van der Waals surface area (Å²) < 4.78 is 5.49. The summed E-state index contributed by atoms with van der Waals surface area (Å²) in [6, 6.07) is 0. The predicted molar refractivity (Wildman–Crippen MR) is 59.5 cm³/mol. The van der Waals surface area contributed by atoms with Gasteiger partial charge in [-0.05, 0) is 40.2 Å². The molecule has 4 heteroatoms. The van der Waals surface area contributed by atoms with Gasteiger partial charge >= 0.3 is 0 Å². The number of methoxy groups -OCH3 is 1. The Balaban J connectivity index is 2.76. The Morgan fingerprint density at radius 1 is 1.53 bits per heavy atom. The third kappa shape index (κ3) is 2.49. The fraction of sp³-hybridized carbons (Fsp3) is 0.909. The molecule has 1 heterocycles. The zero-order valence-electron chi connectivity index (χ0n) is 10.2. The van der Waals surface area contributed by atoms with E-state index in [1.165, 1.54) is 0 Å². The number of carbonyl (C=O) groups is 1. The second kappa shape index (κ2) is 4.10. The predicted octanol–water partition coefficient (Wildman–Crippen LogP) is 0.751. The normalized spacial score (nSPS) is 29.1. The molecule has 2 N–H and O–H groups in total. The highest BCUT2D eigenvalue weighted by Crippen LogP contribution is 2.28. The van der Waals surface area contributed by atoms with Crippen LogP contribution in [-0.2, 0) is 9.53 Å². The van der Waals surface area contributed by atoms with E-state index in [0.29, 0.717) is 0 Å². The minimum atomic E-state index is -0.583. The molecule has 0 aromatic heterocycles. The Morgan fingerprint density at radius 2 is 2.13 bits per heavy atom. The Kier molecular flexibility index (Phi) is 3.41. The van der Waals surface area contributed by atoms with Crippen molar-refractivity contribution < 1.29 is 9.53 Å². The van der Waals surface area contributed by atoms with Gasteiger partial charge in [0, 0.05) is 13.7 Å². The van der Waals surface area contributed by atoms with E-state index in [2.05, 4.69) is 11.8 Å². The van der Waals surface area contributed by atoms with Crippen molar-refractivity contribution in [1.82, 2.24) is 4.90 Å². The van der Waals surface area contributed by atoms with Crippen LogP contribution in [0.1, 0.15) is 33.6 Å². The first-order valence-electron chi connectivity index (χ1n) is 5.42. The second-order valence-electron chi connectivity index (χ2n) is 5.10. The first-order valence-corrected chi connectivity index (χ1v) is 5.42. The Morgan fingerprint density at radius 3 is 2.60 bits per heavy atom. The largest absolute Gasteiger partial charge is 0.377 e. The number of hydrogen-bond acceptors (Lipinski definition) is 3. The highest BCUT2D eigenvalue weighted by Gasteiger charge is 2.40. The number of nitrogens with zero attached hydrogens (tertiary/aromatic N) is 1. The number of ether oxygens (including phenoxy) is 1. The van der Waals surface area contributed by atoms with Crippen LogP contribution in [0.4, 0.5) is 0 Å². The molecule has 1 atom stereocenters. The van der Waals surface area contributed by atoms with Crippen LogP contribution in [0.15, 0.2) is 0 Å². The van der Waals surface area contributed by atoms with Crippen molar-refractivity contribution in [2.45, 2.75) is 44.8 Å². The van der Waals surface area contributed by atoms with Crippen LogP contribution in [0, 0.1) is 0 Å². The minimum absolute atomic E-state index is 0.148. The lowest BCUT2D eigenvalue weighted by Gasteiger charge is -2.45. The first-order chi connectivity index (χ1) is 6.82. The maximum Gasteiger partial charge on any atom is 0.237 e. The van der Waals surface area contributed by atoms with Crippen molar-refractivity contribution in [1.29, 1.82) is 0 Å². The molecule has 1 rings (SSSR count). The molecule has 1 aliphatic rings. The number of primary amides is 1. The molecule has 0 aliphatic carbocycles. The van der Waals surface area contributed by atoms with Crippen molar-refractivity contribution >= 4 is 5.91 Å². The van der Waals surface area contributed by atoms with Crippen molar-refractivity contribution in [3.63, 3.8) is 0 Å². The number of carbonyl (C=O) groups excluding carboxylic acids is 1. The fourth-order valence-electron chi connectivity index (χ4n) is 2.01. The number of amides is 1. The summed E-state index contributed by atoms with van der Waals surface area (Å²) >= 11 is 0.